The van der Waals surface area contributed by atoms with E-state index in [4.69, 9.17) is 4.74 Å². The Labute approximate surface area is 174 Å². The smallest absolute Gasteiger partial charge is 0.358 e. The van der Waals surface area contributed by atoms with Crippen molar-refractivity contribution in [1.29, 1.82) is 0 Å². The molecule has 1 unspecified atom stereocenters. The number of rotatable bonds is 7. The first-order valence-electron chi connectivity index (χ1n) is 9.87. The van der Waals surface area contributed by atoms with Gasteiger partial charge in [0.1, 0.15) is 5.82 Å². The maximum atomic E-state index is 13.4. The van der Waals surface area contributed by atoms with E-state index in [1.165, 1.54) is 12.1 Å². The number of halogens is 1. The van der Waals surface area contributed by atoms with E-state index in [0.717, 1.165) is 12.0 Å². The second-order valence-electron chi connectivity index (χ2n) is 6.90. The van der Waals surface area contributed by atoms with Crippen LogP contribution in [0.1, 0.15) is 37.7 Å². The lowest BCUT2D eigenvalue weighted by molar-refractivity contribution is -0.119. The lowest BCUT2D eigenvalue weighted by atomic mass is 10.1. The average Bonchev–Trinajstić information content (AvgIpc) is 3.19. The SMILES string of the molecule is CCOC(=O)c1cc(-c2cccc(NC(=O)C(C)CC)c2)n(-c2ccc(F)cc2)n1. The van der Waals surface area contributed by atoms with Gasteiger partial charge in [-0.15, -0.1) is 0 Å². The lowest BCUT2D eigenvalue weighted by Gasteiger charge is -2.12. The van der Waals surface area contributed by atoms with Crippen molar-refractivity contribution in [3.63, 3.8) is 0 Å². The number of hydrogen-bond donors (Lipinski definition) is 1. The normalized spacial score (nSPS) is 11.7. The van der Waals surface area contributed by atoms with Crippen molar-refractivity contribution in [1.82, 2.24) is 9.78 Å². The molecule has 2 aromatic carbocycles. The van der Waals surface area contributed by atoms with Crippen LogP contribution >= 0.6 is 0 Å². The van der Waals surface area contributed by atoms with Crippen LogP contribution in [-0.4, -0.2) is 28.3 Å². The third kappa shape index (κ3) is 4.74. The zero-order valence-corrected chi connectivity index (χ0v) is 17.2. The van der Waals surface area contributed by atoms with Crippen molar-refractivity contribution in [2.45, 2.75) is 27.2 Å². The Bertz CT molecular complexity index is 1040. The molecular weight excluding hydrogens is 385 g/mol. The first kappa shape index (κ1) is 21.2. The fourth-order valence-corrected chi connectivity index (χ4v) is 2.88. The summed E-state index contributed by atoms with van der Waals surface area (Å²) in [6.45, 7) is 5.78. The molecule has 1 amide bonds. The van der Waals surface area contributed by atoms with Crippen LogP contribution in [0.3, 0.4) is 0 Å². The quantitative estimate of drug-likeness (QED) is 0.567. The van der Waals surface area contributed by atoms with Crippen LogP contribution in [0.4, 0.5) is 10.1 Å². The Morgan fingerprint density at radius 1 is 1.13 bits per heavy atom. The van der Waals surface area contributed by atoms with Gasteiger partial charge >= 0.3 is 5.97 Å². The van der Waals surface area contributed by atoms with Gasteiger partial charge in [0, 0.05) is 17.2 Å². The van der Waals surface area contributed by atoms with Crippen LogP contribution in [0, 0.1) is 11.7 Å². The summed E-state index contributed by atoms with van der Waals surface area (Å²) in [6.07, 6.45) is 0.742. The number of esters is 1. The van der Waals surface area contributed by atoms with Crippen LogP contribution in [0.15, 0.2) is 54.6 Å². The standard InChI is InChI=1S/C23H24FN3O3/c1-4-15(3)22(28)25-18-8-6-7-16(13-18)21-14-20(23(29)30-5-2)26-27(21)19-11-9-17(24)10-12-19/h6-15H,4-5H2,1-3H3,(H,25,28). The highest BCUT2D eigenvalue weighted by Gasteiger charge is 2.18. The van der Waals surface area contributed by atoms with Crippen molar-refractivity contribution < 1.29 is 18.7 Å². The van der Waals surface area contributed by atoms with Gasteiger partial charge in [-0.1, -0.05) is 26.0 Å². The van der Waals surface area contributed by atoms with E-state index >= 15 is 0 Å². The van der Waals surface area contributed by atoms with Gasteiger partial charge in [-0.05, 0) is 55.8 Å². The largest absolute Gasteiger partial charge is 0.461 e. The molecular formula is C23H24FN3O3. The van der Waals surface area contributed by atoms with Crippen LogP contribution in [0.25, 0.3) is 16.9 Å². The van der Waals surface area contributed by atoms with Gasteiger partial charge in [0.05, 0.1) is 18.0 Å². The molecule has 3 rings (SSSR count). The van der Waals surface area contributed by atoms with E-state index in [0.29, 0.717) is 17.1 Å². The molecule has 0 saturated carbocycles. The first-order chi connectivity index (χ1) is 14.4. The number of aromatic nitrogens is 2. The Hall–Kier alpha value is -3.48. The second-order valence-corrected chi connectivity index (χ2v) is 6.90. The predicted octanol–water partition coefficient (Wildman–Crippen LogP) is 4.84. The highest BCUT2D eigenvalue weighted by atomic mass is 19.1. The molecule has 6 nitrogen and oxygen atoms in total. The molecule has 156 valence electrons. The molecule has 30 heavy (non-hydrogen) atoms. The summed E-state index contributed by atoms with van der Waals surface area (Å²) in [5.41, 5.74) is 2.73. The Morgan fingerprint density at radius 3 is 2.53 bits per heavy atom. The van der Waals surface area contributed by atoms with E-state index in [1.54, 1.807) is 35.9 Å². The van der Waals surface area contributed by atoms with Crippen LogP contribution in [0.5, 0.6) is 0 Å². The number of hydrogen-bond acceptors (Lipinski definition) is 4. The monoisotopic (exact) mass is 409 g/mol. The van der Waals surface area contributed by atoms with E-state index in [1.807, 2.05) is 32.0 Å². The minimum atomic E-state index is -0.541. The van der Waals surface area contributed by atoms with Crippen molar-refractivity contribution >= 4 is 17.6 Å². The number of nitrogens with zero attached hydrogens (tertiary/aromatic N) is 2. The Balaban J connectivity index is 2.03. The highest BCUT2D eigenvalue weighted by molar-refractivity contribution is 5.93. The van der Waals surface area contributed by atoms with Gasteiger partial charge in [-0.25, -0.2) is 13.9 Å². The van der Waals surface area contributed by atoms with Gasteiger partial charge in [-0.3, -0.25) is 4.79 Å². The van der Waals surface area contributed by atoms with Crippen LogP contribution in [0.2, 0.25) is 0 Å². The maximum absolute atomic E-state index is 13.4. The molecule has 1 heterocycles. The number of carbonyl (C=O) groups excluding carboxylic acids is 2. The number of carbonyl (C=O) groups is 2. The molecule has 0 bridgehead atoms. The fourth-order valence-electron chi connectivity index (χ4n) is 2.88. The molecule has 0 spiro atoms. The van der Waals surface area contributed by atoms with Crippen LogP contribution < -0.4 is 5.32 Å². The summed E-state index contributed by atoms with van der Waals surface area (Å²) >= 11 is 0. The van der Waals surface area contributed by atoms with Gasteiger partial charge in [0.15, 0.2) is 5.69 Å². The first-order valence-corrected chi connectivity index (χ1v) is 9.87. The van der Waals surface area contributed by atoms with Crippen molar-refractivity contribution in [2.24, 2.45) is 5.92 Å². The summed E-state index contributed by atoms with van der Waals surface area (Å²) in [5, 5.41) is 7.28. The van der Waals surface area contributed by atoms with Gasteiger partial charge in [0.2, 0.25) is 5.91 Å². The predicted molar refractivity (Wildman–Crippen MR) is 113 cm³/mol. The second kappa shape index (κ2) is 9.35. The number of ether oxygens (including phenoxy) is 1. The van der Waals surface area contributed by atoms with E-state index in [-0.39, 0.29) is 29.9 Å². The highest BCUT2D eigenvalue weighted by Crippen LogP contribution is 2.27. The summed E-state index contributed by atoms with van der Waals surface area (Å²) in [6, 6.07) is 14.7. The minimum absolute atomic E-state index is 0.0612. The summed E-state index contributed by atoms with van der Waals surface area (Å²) in [7, 11) is 0. The van der Waals surface area contributed by atoms with Gasteiger partial charge < -0.3 is 10.1 Å². The van der Waals surface area contributed by atoms with E-state index in [2.05, 4.69) is 10.4 Å². The Morgan fingerprint density at radius 2 is 1.87 bits per heavy atom. The molecule has 0 saturated heterocycles. The number of benzene rings is 2. The van der Waals surface area contributed by atoms with Crippen molar-refractivity contribution in [2.75, 3.05) is 11.9 Å². The van der Waals surface area contributed by atoms with Gasteiger partial charge in [0.25, 0.3) is 0 Å². The van der Waals surface area contributed by atoms with E-state index < -0.39 is 5.97 Å². The summed E-state index contributed by atoms with van der Waals surface area (Å²) < 4.78 is 20.0. The summed E-state index contributed by atoms with van der Waals surface area (Å²) in [4.78, 5) is 24.5. The fraction of sp³-hybridized carbons (Fsp3) is 0.261. The number of nitrogens with one attached hydrogen (secondary N) is 1. The number of amides is 1. The maximum Gasteiger partial charge on any atom is 0.358 e. The molecule has 1 aromatic heterocycles. The van der Waals surface area contributed by atoms with Gasteiger partial charge in [-0.2, -0.15) is 5.10 Å². The molecule has 0 aliphatic heterocycles. The number of anilines is 1. The third-order valence-electron chi connectivity index (χ3n) is 4.75. The molecule has 0 radical (unpaired) electrons. The average molecular weight is 409 g/mol. The molecule has 0 aliphatic carbocycles. The molecule has 1 N–H and O–H groups in total. The topological polar surface area (TPSA) is 73.2 Å². The van der Waals surface area contributed by atoms with E-state index in [9.17, 15) is 14.0 Å². The zero-order chi connectivity index (χ0) is 21.7. The molecule has 0 fully saturated rings. The van der Waals surface area contributed by atoms with Crippen molar-refractivity contribution in [3.05, 3.63) is 66.1 Å². The molecule has 1 atom stereocenters. The molecule has 7 heteroatoms. The molecule has 0 aliphatic rings. The van der Waals surface area contributed by atoms with Crippen LogP contribution in [-0.2, 0) is 9.53 Å². The lowest BCUT2D eigenvalue weighted by Crippen LogP contribution is -2.19. The summed E-state index contributed by atoms with van der Waals surface area (Å²) in [5.74, 6) is -1.07. The zero-order valence-electron chi connectivity index (χ0n) is 17.2. The Kier molecular flexibility index (Phi) is 6.61. The third-order valence-corrected chi connectivity index (χ3v) is 4.75. The van der Waals surface area contributed by atoms with Crippen molar-refractivity contribution in [3.8, 4) is 16.9 Å². The molecule has 3 aromatic rings. The minimum Gasteiger partial charge on any atom is -0.461 e.